The Morgan fingerprint density at radius 2 is 1.21 bits per heavy atom. The van der Waals surface area contributed by atoms with Crippen molar-refractivity contribution in [2.45, 2.75) is 185 Å². The van der Waals surface area contributed by atoms with E-state index in [4.69, 9.17) is 0 Å². The number of β-lactam (4-membered cyclic amide) rings is 1. The molecule has 9 rings (SSSR count). The van der Waals surface area contributed by atoms with Gasteiger partial charge in [-0.05, 0) is 149 Å². The first-order valence-electron chi connectivity index (χ1n) is 25.9. The minimum absolute atomic E-state index is 0.202. The third-order valence-corrected chi connectivity index (χ3v) is 19.6. The summed E-state index contributed by atoms with van der Waals surface area (Å²) in [4.78, 5) is 37.2. The topological polar surface area (TPSA) is 111 Å². The molecule has 3 aromatic rings. The molecule has 9 heteroatoms. The number of aliphatic carboxylic acids is 1. The molecule has 0 radical (unpaired) electrons. The Hall–Kier alpha value is -3.66. The van der Waals surface area contributed by atoms with Crippen LogP contribution in [0.25, 0.3) is 0 Å². The number of nitrogens with one attached hydrogen (secondary N) is 3. The molecule has 3 aromatic carbocycles. The first kappa shape index (κ1) is 49.8. The van der Waals surface area contributed by atoms with Crippen LogP contribution in [0.5, 0.6) is 0 Å². The molecule has 2 saturated carbocycles. The molecule has 6 aliphatic rings. The number of aryl methyl sites for hydroxylation is 2. The van der Waals surface area contributed by atoms with Gasteiger partial charge in [-0.3, -0.25) is 9.59 Å². The molecule has 4 fully saturated rings. The van der Waals surface area contributed by atoms with E-state index in [0.29, 0.717) is 33.5 Å². The van der Waals surface area contributed by atoms with Crippen molar-refractivity contribution < 1.29 is 19.5 Å². The van der Waals surface area contributed by atoms with Crippen LogP contribution in [0, 0.1) is 22.7 Å². The fraction of sp³-hybridized carbons (Fsp3) is 0.638. The lowest BCUT2D eigenvalue weighted by molar-refractivity contribution is -0.161. The molecule has 2 amide bonds. The molecule has 4 aliphatic carbocycles. The van der Waals surface area contributed by atoms with Crippen LogP contribution < -0.4 is 16.0 Å². The summed E-state index contributed by atoms with van der Waals surface area (Å²) in [5.41, 5.74) is 11.9. The number of benzene rings is 3. The highest BCUT2D eigenvalue weighted by atomic mass is 32.2. The molecule has 2 saturated heterocycles. The molecule has 0 spiro atoms. The lowest BCUT2D eigenvalue weighted by Crippen LogP contribution is -2.70. The fourth-order valence-corrected chi connectivity index (χ4v) is 16.1. The molecule has 4 N–H and O–H groups in total. The number of carboxylic acids is 1. The maximum atomic E-state index is 12.3. The van der Waals surface area contributed by atoms with Crippen LogP contribution in [-0.2, 0) is 44.5 Å². The van der Waals surface area contributed by atoms with Gasteiger partial charge in [0.1, 0.15) is 17.5 Å². The normalized spacial score (nSPS) is 32.4. The van der Waals surface area contributed by atoms with Crippen molar-refractivity contribution in [3.63, 3.8) is 0 Å². The highest BCUT2D eigenvalue weighted by Crippen LogP contribution is 2.59. The third kappa shape index (κ3) is 9.53. The van der Waals surface area contributed by atoms with Crippen molar-refractivity contribution in [1.82, 2.24) is 20.9 Å². The largest absolute Gasteiger partial charge is 0.480 e. The summed E-state index contributed by atoms with van der Waals surface area (Å²) in [7, 11) is 0. The van der Waals surface area contributed by atoms with E-state index in [1.807, 2.05) is 44.2 Å². The minimum Gasteiger partial charge on any atom is -0.480 e. The minimum atomic E-state index is -1.01. The zero-order valence-corrected chi connectivity index (χ0v) is 43.3. The second-order valence-corrected chi connectivity index (χ2v) is 25.6. The van der Waals surface area contributed by atoms with E-state index in [2.05, 4.69) is 108 Å². The van der Waals surface area contributed by atoms with Gasteiger partial charge in [0.25, 0.3) is 0 Å². The summed E-state index contributed by atoms with van der Waals surface area (Å²) in [6.07, 6.45) is 13.6. The van der Waals surface area contributed by atoms with Gasteiger partial charge in [0.2, 0.25) is 11.8 Å². The average molecular weight is 931 g/mol. The number of carbonyl (C=O) groups is 3. The van der Waals surface area contributed by atoms with E-state index in [1.165, 1.54) is 92.0 Å². The van der Waals surface area contributed by atoms with Gasteiger partial charge >= 0.3 is 5.97 Å². The second kappa shape index (κ2) is 19.3. The molecule has 8 nitrogen and oxygen atoms in total. The van der Waals surface area contributed by atoms with Gasteiger partial charge in [0, 0.05) is 30.9 Å². The zero-order chi connectivity index (χ0) is 48.1. The van der Waals surface area contributed by atoms with E-state index in [-0.39, 0.29) is 23.6 Å². The zero-order valence-electron chi connectivity index (χ0n) is 42.5. The van der Waals surface area contributed by atoms with E-state index < -0.39 is 22.8 Å². The standard InChI is InChI=1S/C42H64N2.C16H18N2O4S/c1-29(2)31-11-15-35-33(25-31)13-17-37-39(5,19-9-21-41(35,37)7)27-43-23-24-44-28-40(6)20-10-22-42(8)36-16-12-32(30(3)4)26-34(36)14-18-38(40)42;1-16(2)12(15(21)22)18-13(20)11(14(18)23-16)17-10(19)8-9-6-4-3-5-7-9/h11-12,15-16,25-26,29-30,37-38,43-44H,9-10,13-14,17-24,27-28H2,1-8H3;3-7,11-12,14H,8H2,1-2H3,(H,17,19)(H,21,22)/t37?,38?,39-,40-,41+,42+;11-,12+,14-/m01/s1. The van der Waals surface area contributed by atoms with Gasteiger partial charge in [-0.2, -0.15) is 0 Å². The highest BCUT2D eigenvalue weighted by molar-refractivity contribution is 8.01. The Morgan fingerprint density at radius 1 is 0.716 bits per heavy atom. The van der Waals surface area contributed by atoms with Gasteiger partial charge < -0.3 is 26.0 Å². The Morgan fingerprint density at radius 3 is 1.67 bits per heavy atom. The number of carbonyl (C=O) groups excluding carboxylic acids is 2. The van der Waals surface area contributed by atoms with E-state index in [0.717, 1.165) is 43.6 Å². The van der Waals surface area contributed by atoms with Gasteiger partial charge in [0.05, 0.1) is 6.42 Å². The number of thioether (sulfide) groups is 1. The van der Waals surface area contributed by atoms with Crippen molar-refractivity contribution in [2.75, 3.05) is 26.2 Å². The van der Waals surface area contributed by atoms with Crippen LogP contribution in [0.2, 0.25) is 0 Å². The Kier molecular flexibility index (Phi) is 14.3. The quantitative estimate of drug-likeness (QED) is 0.0998. The molecular formula is C58H82N4O4S. The first-order chi connectivity index (χ1) is 31.7. The molecule has 2 aliphatic heterocycles. The van der Waals surface area contributed by atoms with Crippen LogP contribution in [0.1, 0.15) is 171 Å². The molecule has 364 valence electrons. The molecule has 9 atom stereocenters. The van der Waals surface area contributed by atoms with Crippen molar-refractivity contribution in [3.05, 3.63) is 106 Å². The maximum Gasteiger partial charge on any atom is 0.327 e. The number of carboxylic acid groups (broad SMARTS) is 1. The lowest BCUT2D eigenvalue weighted by atomic mass is 9.49. The number of amides is 2. The number of fused-ring (bicyclic) bond motifs is 7. The van der Waals surface area contributed by atoms with Crippen molar-refractivity contribution in [2.24, 2.45) is 22.7 Å². The summed E-state index contributed by atoms with van der Waals surface area (Å²) < 4.78 is -0.578. The van der Waals surface area contributed by atoms with Gasteiger partial charge in [0.15, 0.2) is 0 Å². The summed E-state index contributed by atoms with van der Waals surface area (Å²) in [6.45, 7) is 27.8. The van der Waals surface area contributed by atoms with Gasteiger partial charge in [-0.15, -0.1) is 11.8 Å². The number of nitrogens with zero attached hydrogens (tertiary/aromatic N) is 1. The Bertz CT molecular complexity index is 2190. The predicted molar refractivity (Wildman–Crippen MR) is 275 cm³/mol. The Labute approximate surface area is 407 Å². The van der Waals surface area contributed by atoms with Crippen LogP contribution >= 0.6 is 11.8 Å². The molecule has 0 bridgehead atoms. The van der Waals surface area contributed by atoms with Crippen molar-refractivity contribution >= 4 is 29.5 Å². The van der Waals surface area contributed by atoms with Crippen LogP contribution in [0.15, 0.2) is 66.7 Å². The Balaban J connectivity index is 0.000000222. The average Bonchev–Trinajstić information content (AvgIpc) is 3.54. The smallest absolute Gasteiger partial charge is 0.327 e. The van der Waals surface area contributed by atoms with Crippen LogP contribution in [0.4, 0.5) is 0 Å². The van der Waals surface area contributed by atoms with Gasteiger partial charge in [-0.1, -0.05) is 135 Å². The predicted octanol–water partition coefficient (Wildman–Crippen LogP) is 10.7. The number of hydrogen-bond donors (Lipinski definition) is 4. The van der Waals surface area contributed by atoms with Gasteiger partial charge in [-0.25, -0.2) is 4.79 Å². The summed E-state index contributed by atoms with van der Waals surface area (Å²) in [5, 5.41) is 19.7. The summed E-state index contributed by atoms with van der Waals surface area (Å²) in [6, 6.07) is 22.8. The number of rotatable bonds is 13. The fourth-order valence-electron chi connectivity index (χ4n) is 14.5. The molecule has 0 aromatic heterocycles. The number of hydrogen-bond acceptors (Lipinski definition) is 6. The maximum absolute atomic E-state index is 12.3. The summed E-state index contributed by atoms with van der Waals surface area (Å²) >= 11 is 1.42. The molecular weight excluding hydrogens is 849 g/mol. The molecule has 2 unspecified atom stereocenters. The third-order valence-electron chi connectivity index (χ3n) is 18.1. The highest BCUT2D eigenvalue weighted by Gasteiger charge is 2.64. The van der Waals surface area contributed by atoms with Crippen LogP contribution in [-0.4, -0.2) is 76.2 Å². The first-order valence-corrected chi connectivity index (χ1v) is 26.8. The van der Waals surface area contributed by atoms with Crippen LogP contribution in [0.3, 0.4) is 0 Å². The second-order valence-electron chi connectivity index (χ2n) is 23.8. The monoisotopic (exact) mass is 931 g/mol. The molecule has 67 heavy (non-hydrogen) atoms. The molecule has 2 heterocycles. The van der Waals surface area contributed by atoms with Crippen molar-refractivity contribution in [3.8, 4) is 0 Å². The van der Waals surface area contributed by atoms with E-state index >= 15 is 0 Å². The lowest BCUT2D eigenvalue weighted by Gasteiger charge is -2.56. The SMILES string of the molecule is CC(C)c1ccc2c(c1)CCC1[C@](C)(CNCCNC[C@]3(C)CCC[C@]4(C)c5ccc(C(C)C)cc5CCC34)CCC[C@]21C.CC1(C)S[C@@H]2[C@H](NC(=O)Cc3ccccc3)C(=O)N2[C@H]1C(=O)O. The van der Waals surface area contributed by atoms with E-state index in [9.17, 15) is 19.5 Å². The van der Waals surface area contributed by atoms with Crippen molar-refractivity contribution in [1.29, 1.82) is 0 Å². The summed E-state index contributed by atoms with van der Waals surface area (Å²) in [5.74, 6) is 1.21. The van der Waals surface area contributed by atoms with E-state index in [1.54, 1.807) is 22.3 Å².